The van der Waals surface area contributed by atoms with Gasteiger partial charge in [-0.15, -0.1) is 0 Å². The first-order valence-electron chi connectivity index (χ1n) is 8.74. The van der Waals surface area contributed by atoms with E-state index in [1.54, 1.807) is 30.3 Å². The molecular formula is C22H15Cl2N3O2. The van der Waals surface area contributed by atoms with Crippen LogP contribution in [0.15, 0.2) is 77.3 Å². The highest BCUT2D eigenvalue weighted by Gasteiger charge is 2.09. The van der Waals surface area contributed by atoms with Crippen molar-refractivity contribution in [2.45, 2.75) is 0 Å². The van der Waals surface area contributed by atoms with Gasteiger partial charge in [0.15, 0.2) is 11.4 Å². The van der Waals surface area contributed by atoms with Gasteiger partial charge in [0.05, 0.1) is 5.39 Å². The summed E-state index contributed by atoms with van der Waals surface area (Å²) in [5.41, 5.74) is 2.65. The van der Waals surface area contributed by atoms with Crippen molar-refractivity contribution in [3.8, 4) is 0 Å². The van der Waals surface area contributed by atoms with Crippen LogP contribution in [0, 0.1) is 0 Å². The number of nitrogens with zero attached hydrogens (tertiary/aromatic N) is 1. The van der Waals surface area contributed by atoms with Gasteiger partial charge in [0, 0.05) is 27.5 Å². The number of anilines is 3. The molecule has 1 aromatic heterocycles. The highest BCUT2D eigenvalue weighted by Crippen LogP contribution is 2.29. The number of carbonyl (C=O) groups excluding carboxylic acids is 1. The van der Waals surface area contributed by atoms with Crippen molar-refractivity contribution in [2.75, 3.05) is 10.6 Å². The molecule has 5 nitrogen and oxygen atoms in total. The number of amides is 1. The number of nitrogens with one attached hydrogen (secondary N) is 2. The Hall–Kier alpha value is -3.28. The molecule has 0 spiro atoms. The molecular weight excluding hydrogens is 409 g/mol. The molecule has 0 aliphatic carbocycles. The summed E-state index contributed by atoms with van der Waals surface area (Å²) in [6, 6.07) is 20.0. The molecule has 2 N–H and O–H groups in total. The molecule has 0 radical (unpaired) electrons. The maximum absolute atomic E-state index is 12.3. The normalized spacial score (nSPS) is 11.1. The summed E-state index contributed by atoms with van der Waals surface area (Å²) in [5, 5.41) is 11.9. The molecule has 1 amide bonds. The predicted molar refractivity (Wildman–Crippen MR) is 118 cm³/mol. The van der Waals surface area contributed by atoms with E-state index < -0.39 is 0 Å². The van der Waals surface area contributed by atoms with Gasteiger partial charge in [-0.1, -0.05) is 58.7 Å². The molecule has 4 rings (SSSR count). The monoisotopic (exact) mass is 423 g/mol. The van der Waals surface area contributed by atoms with E-state index in [-0.39, 0.29) is 5.91 Å². The second kappa shape index (κ2) is 8.39. The fraction of sp³-hybridized carbons (Fsp3) is 0. The van der Waals surface area contributed by atoms with Crippen molar-refractivity contribution >= 4 is 63.3 Å². The second-order valence-corrected chi connectivity index (χ2v) is 7.07. The Balaban J connectivity index is 1.51. The molecule has 1 heterocycles. The Kier molecular flexibility index (Phi) is 5.51. The molecule has 7 heteroatoms. The third kappa shape index (κ3) is 4.59. The van der Waals surface area contributed by atoms with Crippen LogP contribution in [0.1, 0.15) is 5.56 Å². The van der Waals surface area contributed by atoms with E-state index in [0.29, 0.717) is 32.8 Å². The quantitative estimate of drug-likeness (QED) is 0.358. The van der Waals surface area contributed by atoms with Crippen molar-refractivity contribution in [1.82, 2.24) is 5.16 Å². The number of halogens is 2. The molecule has 0 saturated heterocycles. The summed E-state index contributed by atoms with van der Waals surface area (Å²) < 4.78 is 5.29. The first kappa shape index (κ1) is 19.1. The number of benzene rings is 3. The standard InChI is InChI=1S/C22H15Cl2N3O2/c23-15-11-16(25-21(28)10-9-14-5-1-3-7-19(14)24)13-17(12-15)26-22-18-6-2-4-8-20(18)29-27-22/h1-13H,(H,25,28)(H,26,27). The summed E-state index contributed by atoms with van der Waals surface area (Å²) in [7, 11) is 0. The largest absolute Gasteiger partial charge is 0.354 e. The number of aromatic nitrogens is 1. The molecule has 4 aromatic rings. The van der Waals surface area contributed by atoms with Crippen molar-refractivity contribution in [2.24, 2.45) is 0 Å². The van der Waals surface area contributed by atoms with Crippen LogP contribution in [0.25, 0.3) is 17.0 Å². The number of carbonyl (C=O) groups is 1. The fourth-order valence-electron chi connectivity index (χ4n) is 2.81. The van der Waals surface area contributed by atoms with E-state index in [1.165, 1.54) is 6.08 Å². The minimum atomic E-state index is -0.301. The van der Waals surface area contributed by atoms with E-state index in [9.17, 15) is 4.79 Å². The van der Waals surface area contributed by atoms with Crippen LogP contribution >= 0.6 is 23.2 Å². The molecule has 3 aromatic carbocycles. The molecule has 0 atom stereocenters. The summed E-state index contributed by atoms with van der Waals surface area (Å²) >= 11 is 12.3. The zero-order valence-electron chi connectivity index (χ0n) is 15.0. The van der Waals surface area contributed by atoms with Gasteiger partial charge in [0.1, 0.15) is 0 Å². The van der Waals surface area contributed by atoms with Crippen molar-refractivity contribution in [3.63, 3.8) is 0 Å². The highest BCUT2D eigenvalue weighted by atomic mass is 35.5. The van der Waals surface area contributed by atoms with E-state index in [0.717, 1.165) is 10.9 Å². The zero-order chi connectivity index (χ0) is 20.2. The van der Waals surface area contributed by atoms with Crippen molar-refractivity contribution in [3.05, 3.63) is 88.4 Å². The summed E-state index contributed by atoms with van der Waals surface area (Å²) in [6.45, 7) is 0. The number of hydrogen-bond donors (Lipinski definition) is 2. The lowest BCUT2D eigenvalue weighted by Gasteiger charge is -2.08. The van der Waals surface area contributed by atoms with Gasteiger partial charge < -0.3 is 15.2 Å². The average Bonchev–Trinajstić information content (AvgIpc) is 3.10. The lowest BCUT2D eigenvalue weighted by Crippen LogP contribution is -2.08. The molecule has 0 saturated carbocycles. The van der Waals surface area contributed by atoms with Crippen LogP contribution in [0.5, 0.6) is 0 Å². The summed E-state index contributed by atoms with van der Waals surface area (Å²) in [4.78, 5) is 12.3. The van der Waals surface area contributed by atoms with Crippen LogP contribution in [0.3, 0.4) is 0 Å². The number of hydrogen-bond acceptors (Lipinski definition) is 4. The molecule has 144 valence electrons. The van der Waals surface area contributed by atoms with E-state index >= 15 is 0 Å². The Morgan fingerprint density at radius 3 is 2.59 bits per heavy atom. The summed E-state index contributed by atoms with van der Waals surface area (Å²) in [5.74, 6) is 0.267. The third-order valence-corrected chi connectivity index (χ3v) is 4.69. The minimum Gasteiger partial charge on any atom is -0.354 e. The number of para-hydroxylation sites is 1. The molecule has 0 aliphatic rings. The second-order valence-electron chi connectivity index (χ2n) is 6.23. The van der Waals surface area contributed by atoms with Crippen LogP contribution < -0.4 is 10.6 Å². The van der Waals surface area contributed by atoms with Gasteiger partial charge in [0.2, 0.25) is 5.91 Å². The topological polar surface area (TPSA) is 67.2 Å². The van der Waals surface area contributed by atoms with Crippen LogP contribution in [0.4, 0.5) is 17.2 Å². The lowest BCUT2D eigenvalue weighted by atomic mass is 10.2. The maximum Gasteiger partial charge on any atom is 0.248 e. The fourth-order valence-corrected chi connectivity index (χ4v) is 3.24. The highest BCUT2D eigenvalue weighted by molar-refractivity contribution is 6.32. The SMILES string of the molecule is O=C(C=Cc1ccccc1Cl)Nc1cc(Cl)cc(Nc2noc3ccccc23)c1. The first-order chi connectivity index (χ1) is 14.1. The van der Waals surface area contributed by atoms with Crippen LogP contribution in [-0.2, 0) is 4.79 Å². The maximum atomic E-state index is 12.3. The first-order valence-corrected chi connectivity index (χ1v) is 9.50. The number of fused-ring (bicyclic) bond motifs is 1. The zero-order valence-corrected chi connectivity index (χ0v) is 16.5. The van der Waals surface area contributed by atoms with Gasteiger partial charge in [-0.25, -0.2) is 0 Å². The Labute approximate surface area is 176 Å². The van der Waals surface area contributed by atoms with Gasteiger partial charge >= 0.3 is 0 Å². The van der Waals surface area contributed by atoms with E-state index in [2.05, 4.69) is 15.8 Å². The van der Waals surface area contributed by atoms with Crippen molar-refractivity contribution < 1.29 is 9.32 Å². The van der Waals surface area contributed by atoms with Gasteiger partial charge in [-0.05, 0) is 48.0 Å². The molecule has 29 heavy (non-hydrogen) atoms. The van der Waals surface area contributed by atoms with Gasteiger partial charge in [-0.3, -0.25) is 4.79 Å². The number of rotatable bonds is 5. The average molecular weight is 424 g/mol. The predicted octanol–water partition coefficient (Wildman–Crippen LogP) is 6.53. The van der Waals surface area contributed by atoms with Crippen molar-refractivity contribution in [1.29, 1.82) is 0 Å². The minimum absolute atomic E-state index is 0.301. The van der Waals surface area contributed by atoms with Crippen LogP contribution in [-0.4, -0.2) is 11.1 Å². The Bertz CT molecular complexity index is 1220. The third-order valence-electron chi connectivity index (χ3n) is 4.13. The molecule has 0 aliphatic heterocycles. The lowest BCUT2D eigenvalue weighted by molar-refractivity contribution is -0.111. The Morgan fingerprint density at radius 1 is 0.966 bits per heavy atom. The summed E-state index contributed by atoms with van der Waals surface area (Å²) in [6.07, 6.45) is 3.07. The van der Waals surface area contributed by atoms with E-state index in [1.807, 2.05) is 42.5 Å². The smallest absolute Gasteiger partial charge is 0.248 e. The van der Waals surface area contributed by atoms with Crippen LogP contribution in [0.2, 0.25) is 10.0 Å². The van der Waals surface area contributed by atoms with Gasteiger partial charge in [-0.2, -0.15) is 0 Å². The molecule has 0 bridgehead atoms. The molecule has 0 fully saturated rings. The molecule has 0 unspecified atom stereocenters. The van der Waals surface area contributed by atoms with Gasteiger partial charge in [0.25, 0.3) is 0 Å². The Morgan fingerprint density at radius 2 is 1.72 bits per heavy atom. The van der Waals surface area contributed by atoms with E-state index in [4.69, 9.17) is 27.7 Å².